The number of ketones is 2. The maximum atomic E-state index is 13.5. The zero-order chi connectivity index (χ0) is 53.9. The summed E-state index contributed by atoms with van der Waals surface area (Å²) in [6.07, 6.45) is 0.905. The van der Waals surface area contributed by atoms with Gasteiger partial charge in [-0.3, -0.25) is 9.59 Å². The number of Topliss-reactive ketones (excluding diaryl/α,β-unsaturated/α-hetero) is 2. The predicted molar refractivity (Wildman–Crippen MR) is 283 cm³/mol. The lowest BCUT2D eigenvalue weighted by molar-refractivity contribution is -0.127. The van der Waals surface area contributed by atoms with Crippen molar-refractivity contribution >= 4 is 56.5 Å². The summed E-state index contributed by atoms with van der Waals surface area (Å²) in [6.45, 7) is 45.7. The van der Waals surface area contributed by atoms with Crippen LogP contribution in [-0.4, -0.2) is 17.6 Å². The van der Waals surface area contributed by atoms with Crippen molar-refractivity contribution in [3.8, 4) is 36.4 Å². The van der Waals surface area contributed by atoms with Crippen LogP contribution >= 0.6 is 0 Å². The molecule has 14 heteroatoms. The molecule has 0 aliphatic heterocycles. The molecule has 5 aliphatic rings. The van der Waals surface area contributed by atoms with E-state index < -0.39 is 23.8 Å². The van der Waals surface area contributed by atoms with Gasteiger partial charge in [-0.25, -0.2) is 41.3 Å². The monoisotopic (exact) mass is 990 g/mol. The summed E-state index contributed by atoms with van der Waals surface area (Å²) in [6, 6.07) is 41.8. The van der Waals surface area contributed by atoms with Gasteiger partial charge in [-0.05, 0) is 110 Å². The normalized spacial score (nSPS) is 23.0. The van der Waals surface area contributed by atoms with Gasteiger partial charge in [-0.1, -0.05) is 86.3 Å². The van der Waals surface area contributed by atoms with Crippen LogP contribution in [0.2, 0.25) is 0 Å². The number of nitrogens with zero attached hydrogens (tertiary/aromatic N) is 12. The molecular weight excluding hydrogens is 957 g/mol. The van der Waals surface area contributed by atoms with Gasteiger partial charge < -0.3 is 4.85 Å². The van der Waals surface area contributed by atoms with Gasteiger partial charge in [0.25, 0.3) is 11.4 Å². The van der Waals surface area contributed by atoms with E-state index in [0.717, 1.165) is 11.1 Å². The number of fused-ring (bicyclic) bond motifs is 4. The molecule has 5 aromatic rings. The third kappa shape index (κ3) is 8.40. The highest BCUT2D eigenvalue weighted by Gasteiger charge is 2.63. The van der Waals surface area contributed by atoms with Crippen LogP contribution in [0.5, 0.6) is 0 Å². The van der Waals surface area contributed by atoms with E-state index in [2.05, 4.69) is 47.3 Å². The van der Waals surface area contributed by atoms with E-state index in [1.807, 2.05) is 18.2 Å². The first-order valence-corrected chi connectivity index (χ1v) is 23.3. The van der Waals surface area contributed by atoms with Crippen LogP contribution < -0.4 is 0 Å². The molecule has 5 aromatic carbocycles. The van der Waals surface area contributed by atoms with Gasteiger partial charge in [0, 0.05) is 23.3 Å². The first-order chi connectivity index (χ1) is 37.0. The largest absolute Gasteiger partial charge is 0.312 e. The summed E-state index contributed by atoms with van der Waals surface area (Å²) < 4.78 is 0. The number of hydrogen-bond acceptors (Lipinski definition) is 8. The quantitative estimate of drug-likeness (QED) is 0.125. The van der Waals surface area contributed by atoms with Crippen LogP contribution in [0.1, 0.15) is 87.7 Å². The Balaban J connectivity index is 0.000000205. The number of hydrogen-bond donors (Lipinski definition) is 0. The Bertz CT molecular complexity index is 3790. The maximum Gasteiger partial charge on any atom is 0.270 e. The molecule has 0 heterocycles. The summed E-state index contributed by atoms with van der Waals surface area (Å²) >= 11 is 0. The molecule has 0 N–H and O–H groups in total. The molecule has 0 aromatic heterocycles. The topological polar surface area (TPSA) is 203 Å². The highest BCUT2D eigenvalue weighted by atomic mass is 16.1. The number of carbonyl (C=O) groups excluding carboxylic acids is 2. The van der Waals surface area contributed by atoms with Gasteiger partial charge in [0.2, 0.25) is 11.7 Å². The minimum atomic E-state index is -0.565. The van der Waals surface area contributed by atoms with Crippen LogP contribution in [-0.2, 0) is 9.59 Å². The van der Waals surface area contributed by atoms with Crippen LogP contribution in [0.25, 0.3) is 62.6 Å². The van der Waals surface area contributed by atoms with E-state index in [4.69, 9.17) is 44.7 Å². The third-order valence-corrected chi connectivity index (χ3v) is 15.0. The van der Waals surface area contributed by atoms with Crippen LogP contribution in [0.4, 0.5) is 11.4 Å². The van der Waals surface area contributed by atoms with Crippen molar-refractivity contribution in [3.05, 3.63) is 245 Å². The number of benzene rings is 5. The van der Waals surface area contributed by atoms with E-state index in [1.165, 1.54) is 0 Å². The number of rotatable bonds is 4. The molecule has 3 saturated carbocycles. The van der Waals surface area contributed by atoms with Crippen molar-refractivity contribution in [2.45, 2.75) is 38.1 Å². The Labute approximate surface area is 444 Å². The van der Waals surface area contributed by atoms with Crippen LogP contribution in [0, 0.1) is 137 Å². The van der Waals surface area contributed by atoms with E-state index in [1.54, 1.807) is 109 Å². The molecule has 77 heavy (non-hydrogen) atoms. The molecule has 0 saturated heterocycles. The predicted octanol–water partition coefficient (Wildman–Crippen LogP) is 13.1. The fourth-order valence-corrected chi connectivity index (χ4v) is 11.8. The second kappa shape index (κ2) is 21.2. The fourth-order valence-electron chi connectivity index (χ4n) is 11.8. The molecular formula is C63H34N12O2. The van der Waals surface area contributed by atoms with Crippen molar-refractivity contribution in [2.24, 2.45) is 29.6 Å². The minimum absolute atomic E-state index is 0. The Morgan fingerprint density at radius 3 is 1.47 bits per heavy atom. The average molecular weight is 991 g/mol. The van der Waals surface area contributed by atoms with Crippen molar-refractivity contribution in [2.75, 3.05) is 0 Å². The second-order valence-corrected chi connectivity index (χ2v) is 18.4. The van der Waals surface area contributed by atoms with Crippen LogP contribution in [0.3, 0.4) is 0 Å². The van der Waals surface area contributed by atoms with Crippen molar-refractivity contribution in [1.82, 2.24) is 0 Å². The summed E-state index contributed by atoms with van der Waals surface area (Å²) in [5.41, 5.74) is 6.80. The standard InChI is InChI=1S/C34H10N8.C28H20N4O2.CH4/c1-39-22-11-9-21(10-12-22)31-33(29(18-38)41-3)25-13-23-24(14-26(25)34(31)42-4)32(28(17-37)40-2)30(27(23)16-36)20-7-5-19(15-35)6-8-20;1-31-18-9-7-17(8-10-18)25-26(32-2)20-12-21-19(11-22(20)28(25)34)23(14-30)24(27(21)33)16-5-3-15(13-29)4-6-16;/h5-14H;3-10,19-26H,11-12H2;1H4/b32-28+,33-29-;;. The molecule has 3 fully saturated rings. The molecule has 0 radical (unpaired) electrons. The molecule has 0 spiro atoms. The molecule has 358 valence electrons. The molecule has 8 unspecified atom stereocenters. The highest BCUT2D eigenvalue weighted by Crippen LogP contribution is 2.59. The Morgan fingerprint density at radius 1 is 0.506 bits per heavy atom. The Hall–Kier alpha value is -11.7. The maximum absolute atomic E-state index is 13.5. The molecule has 0 bridgehead atoms. The molecule has 10 rings (SSSR count). The van der Waals surface area contributed by atoms with Gasteiger partial charge in [0.05, 0.1) is 91.7 Å². The lowest BCUT2D eigenvalue weighted by Gasteiger charge is -2.33. The smallest absolute Gasteiger partial charge is 0.270 e. The van der Waals surface area contributed by atoms with Crippen LogP contribution in [0.15, 0.2) is 121 Å². The Morgan fingerprint density at radius 2 is 0.961 bits per heavy atom. The second-order valence-electron chi connectivity index (χ2n) is 18.4. The lowest BCUT2D eigenvalue weighted by atomic mass is 9.68. The first-order valence-electron chi connectivity index (χ1n) is 23.3. The van der Waals surface area contributed by atoms with Gasteiger partial charge in [-0.2, -0.15) is 21.0 Å². The van der Waals surface area contributed by atoms with Gasteiger partial charge in [-0.15, -0.1) is 0 Å². The molecule has 5 aliphatic carbocycles. The average Bonchev–Trinajstić information content (AvgIpc) is 4.19. The van der Waals surface area contributed by atoms with E-state index in [0.29, 0.717) is 79.9 Å². The zero-order valence-electron chi connectivity index (χ0n) is 39.6. The SMILES string of the molecule is C.[C-]#[N+]C1=C(c2ccc([N+]#[C-])cc2)/C(=C(/C#N)[N+]#[C-])c2cc3c(cc21)/C(=C(/C#N)[N+]#[C-])C(c1ccc(C#N)cc1)=C3C#N.[C-]#[N+]c1ccc(C2C(=O)C3CC4C(CC3C2[N+]#[C-])C(=O)C(c2ccc(C#N)cc2)C4C#N)cc1. The third-order valence-electron chi connectivity index (χ3n) is 15.0. The van der Waals surface area contributed by atoms with Crippen molar-refractivity contribution < 1.29 is 9.59 Å². The molecule has 14 nitrogen and oxygen atoms in total. The van der Waals surface area contributed by atoms with Gasteiger partial charge in [0.15, 0.2) is 17.2 Å². The summed E-state index contributed by atoms with van der Waals surface area (Å²) in [4.78, 5) is 48.4. The lowest BCUT2D eigenvalue weighted by Crippen LogP contribution is -2.35. The van der Waals surface area contributed by atoms with E-state index in [-0.39, 0.29) is 76.5 Å². The Kier molecular flexibility index (Phi) is 14.2. The van der Waals surface area contributed by atoms with Gasteiger partial charge in [0.1, 0.15) is 17.8 Å². The number of carbonyl (C=O) groups is 2. The summed E-state index contributed by atoms with van der Waals surface area (Å²) in [7, 11) is 0. The summed E-state index contributed by atoms with van der Waals surface area (Å²) in [5, 5.41) is 58.5. The van der Waals surface area contributed by atoms with E-state index in [9.17, 15) is 35.9 Å². The minimum Gasteiger partial charge on any atom is -0.312 e. The highest BCUT2D eigenvalue weighted by molar-refractivity contribution is 6.29. The number of nitriles is 6. The first kappa shape index (κ1) is 51.6. The van der Waals surface area contributed by atoms with E-state index >= 15 is 0 Å². The van der Waals surface area contributed by atoms with Crippen molar-refractivity contribution in [1.29, 1.82) is 31.6 Å². The molecule has 8 atom stereocenters. The summed E-state index contributed by atoms with van der Waals surface area (Å²) in [5.74, 6) is -2.71. The van der Waals surface area contributed by atoms with Gasteiger partial charge >= 0.3 is 0 Å². The number of allylic oxidation sites excluding steroid dienone is 7. The van der Waals surface area contributed by atoms with Crippen molar-refractivity contribution in [3.63, 3.8) is 0 Å². The zero-order valence-corrected chi connectivity index (χ0v) is 39.6. The molecule has 0 amide bonds. The fraction of sp³-hybridized carbons (Fsp3) is 0.175.